The molecule has 0 bridgehead atoms. The van der Waals surface area contributed by atoms with Gasteiger partial charge in [-0.3, -0.25) is 10.1 Å². The Balaban J connectivity index is 2.96. The molecule has 0 saturated heterocycles. The van der Waals surface area contributed by atoms with E-state index in [9.17, 15) is 18.5 Å². The van der Waals surface area contributed by atoms with Crippen molar-refractivity contribution in [3.05, 3.63) is 20.5 Å². The van der Waals surface area contributed by atoms with Crippen LogP contribution in [-0.2, 0) is 14.8 Å². The van der Waals surface area contributed by atoms with E-state index in [1.54, 1.807) is 13.8 Å². The van der Waals surface area contributed by atoms with E-state index in [1.165, 1.54) is 7.11 Å². The maximum atomic E-state index is 11.9. The van der Waals surface area contributed by atoms with E-state index in [-0.39, 0.29) is 15.1 Å². The molecule has 0 aliphatic carbocycles. The van der Waals surface area contributed by atoms with Gasteiger partial charge in [-0.15, -0.1) is 11.3 Å². The summed E-state index contributed by atoms with van der Waals surface area (Å²) in [5.41, 5.74) is -1.10. The number of ether oxygens (including phenoxy) is 1. The third-order valence-corrected chi connectivity index (χ3v) is 5.56. The molecule has 1 aromatic heterocycles. The minimum atomic E-state index is -3.84. The summed E-state index contributed by atoms with van der Waals surface area (Å²) in [5, 5.41) is 10.6. The highest BCUT2D eigenvalue weighted by Crippen LogP contribution is 2.36. The molecular weight excluding hydrogens is 316 g/mol. The lowest BCUT2D eigenvalue weighted by atomic mass is 10.1. The highest BCUT2D eigenvalue weighted by Gasteiger charge is 2.27. The fraction of sp³-hybridized carbons (Fsp3) is 0.556. The van der Waals surface area contributed by atoms with Crippen LogP contribution in [0.5, 0.6) is 0 Å². The van der Waals surface area contributed by atoms with Gasteiger partial charge in [-0.2, -0.15) is 0 Å². The minimum absolute atomic E-state index is 0.0369. The molecule has 1 rings (SSSR count). The molecule has 7 nitrogen and oxygen atoms in total. The Morgan fingerprint density at radius 1 is 1.58 bits per heavy atom. The average Bonchev–Trinajstić information content (AvgIpc) is 2.70. The predicted molar refractivity (Wildman–Crippen MR) is 72.3 cm³/mol. The molecule has 0 amide bonds. The van der Waals surface area contributed by atoms with E-state index in [1.807, 2.05) is 0 Å². The smallest absolute Gasteiger partial charge is 0.300 e. The number of nitro groups is 1. The molecule has 0 atom stereocenters. The number of sulfonamides is 1. The summed E-state index contributed by atoms with van der Waals surface area (Å²) in [4.78, 5) is 9.89. The Bertz CT molecular complexity index is 581. The Morgan fingerprint density at radius 3 is 2.58 bits per heavy atom. The van der Waals surface area contributed by atoms with Crippen LogP contribution in [-0.4, -0.2) is 32.6 Å². The zero-order chi connectivity index (χ0) is 14.8. The topological polar surface area (TPSA) is 98.5 Å². The summed E-state index contributed by atoms with van der Waals surface area (Å²) in [6, 6.07) is 0.940. The summed E-state index contributed by atoms with van der Waals surface area (Å²) in [6.45, 7) is 3.45. The maximum absolute atomic E-state index is 11.9. The van der Waals surface area contributed by atoms with Crippen molar-refractivity contribution in [2.75, 3.05) is 13.7 Å². The number of hydrogen-bond donors (Lipinski definition) is 1. The number of halogens is 1. The van der Waals surface area contributed by atoms with E-state index in [0.29, 0.717) is 11.3 Å². The van der Waals surface area contributed by atoms with Crippen molar-refractivity contribution in [3.8, 4) is 0 Å². The molecule has 0 fully saturated rings. The highest BCUT2D eigenvalue weighted by molar-refractivity contribution is 7.91. The lowest BCUT2D eigenvalue weighted by Gasteiger charge is -2.22. The van der Waals surface area contributed by atoms with E-state index >= 15 is 0 Å². The second kappa shape index (κ2) is 5.71. The van der Waals surface area contributed by atoms with E-state index < -0.39 is 26.2 Å². The molecule has 1 heterocycles. The molecule has 19 heavy (non-hydrogen) atoms. The van der Waals surface area contributed by atoms with Gasteiger partial charge in [0.1, 0.15) is 4.21 Å². The van der Waals surface area contributed by atoms with Crippen molar-refractivity contribution < 1.29 is 18.1 Å². The molecule has 0 radical (unpaired) electrons. The predicted octanol–water partition coefficient (Wildman–Crippen LogP) is 2.01. The van der Waals surface area contributed by atoms with Crippen LogP contribution in [0.25, 0.3) is 0 Å². The fourth-order valence-corrected chi connectivity index (χ4v) is 3.92. The zero-order valence-corrected chi connectivity index (χ0v) is 12.9. The quantitative estimate of drug-likeness (QED) is 0.636. The Labute approximate surface area is 119 Å². The molecule has 0 saturated carbocycles. The van der Waals surface area contributed by atoms with Crippen molar-refractivity contribution in [1.29, 1.82) is 0 Å². The summed E-state index contributed by atoms with van der Waals surface area (Å²) < 4.78 is 30.9. The van der Waals surface area contributed by atoms with Crippen LogP contribution >= 0.6 is 22.9 Å². The van der Waals surface area contributed by atoms with Crippen LogP contribution in [0.2, 0.25) is 4.34 Å². The Kier molecular flexibility index (Phi) is 4.91. The first-order valence-electron chi connectivity index (χ1n) is 5.07. The number of rotatable bonds is 6. The molecule has 0 aliphatic heterocycles. The first kappa shape index (κ1) is 16.3. The monoisotopic (exact) mass is 328 g/mol. The molecule has 1 N–H and O–H groups in total. The van der Waals surface area contributed by atoms with Crippen molar-refractivity contribution in [2.45, 2.75) is 23.7 Å². The summed E-state index contributed by atoms with van der Waals surface area (Å²) in [5.74, 6) is 0. The van der Waals surface area contributed by atoms with Crippen LogP contribution in [0.4, 0.5) is 5.69 Å². The molecule has 108 valence electrons. The second-order valence-electron chi connectivity index (χ2n) is 4.27. The lowest BCUT2D eigenvalue weighted by Crippen LogP contribution is -2.39. The largest absolute Gasteiger partial charge is 0.377 e. The lowest BCUT2D eigenvalue weighted by molar-refractivity contribution is -0.384. The fourth-order valence-electron chi connectivity index (χ4n) is 1.01. The van der Waals surface area contributed by atoms with Gasteiger partial charge in [-0.25, -0.2) is 13.1 Å². The van der Waals surface area contributed by atoms with Crippen molar-refractivity contribution in [3.63, 3.8) is 0 Å². The van der Waals surface area contributed by atoms with Gasteiger partial charge in [0.25, 0.3) is 5.69 Å². The SMILES string of the molecule is COC(C)(C)CNS(=O)(=O)c1cc([N+](=O)[O-])c(Cl)s1. The first-order valence-corrected chi connectivity index (χ1v) is 7.75. The molecular formula is C9H13ClN2O5S2. The van der Waals surface area contributed by atoms with Crippen LogP contribution in [0.3, 0.4) is 0 Å². The van der Waals surface area contributed by atoms with Gasteiger partial charge < -0.3 is 4.74 Å². The van der Waals surface area contributed by atoms with Crippen LogP contribution in [0, 0.1) is 10.1 Å². The van der Waals surface area contributed by atoms with E-state index in [4.69, 9.17) is 16.3 Å². The normalized spacial score (nSPS) is 12.6. The minimum Gasteiger partial charge on any atom is -0.377 e. The highest BCUT2D eigenvalue weighted by atomic mass is 35.5. The van der Waals surface area contributed by atoms with Crippen molar-refractivity contribution in [1.82, 2.24) is 4.72 Å². The summed E-state index contributed by atoms with van der Waals surface area (Å²) in [7, 11) is -2.38. The van der Waals surface area contributed by atoms with Crippen LogP contribution < -0.4 is 4.72 Å². The molecule has 0 spiro atoms. The molecule has 0 aromatic carbocycles. The maximum Gasteiger partial charge on any atom is 0.300 e. The van der Waals surface area contributed by atoms with Gasteiger partial charge in [0, 0.05) is 19.7 Å². The van der Waals surface area contributed by atoms with Crippen LogP contribution in [0.1, 0.15) is 13.8 Å². The first-order chi connectivity index (χ1) is 8.59. The standard InChI is InChI=1S/C9H13ClN2O5S2/c1-9(2,17-3)5-11-19(15,16)7-4-6(12(13)14)8(10)18-7/h4,11H,5H2,1-3H3. The molecule has 1 aromatic rings. The van der Waals surface area contributed by atoms with E-state index in [2.05, 4.69) is 4.72 Å². The van der Waals surface area contributed by atoms with Crippen molar-refractivity contribution >= 4 is 38.6 Å². The van der Waals surface area contributed by atoms with Gasteiger partial charge in [0.15, 0.2) is 4.34 Å². The molecule has 0 unspecified atom stereocenters. The van der Waals surface area contributed by atoms with Gasteiger partial charge >= 0.3 is 0 Å². The number of nitrogens with one attached hydrogen (secondary N) is 1. The Hall–Kier alpha value is -0.740. The number of thiophene rings is 1. The summed E-state index contributed by atoms with van der Waals surface area (Å²) in [6.07, 6.45) is 0. The van der Waals surface area contributed by atoms with Gasteiger partial charge in [0.2, 0.25) is 10.0 Å². The van der Waals surface area contributed by atoms with Crippen LogP contribution in [0.15, 0.2) is 10.3 Å². The van der Waals surface area contributed by atoms with Gasteiger partial charge in [-0.1, -0.05) is 11.6 Å². The number of nitrogens with zero attached hydrogens (tertiary/aromatic N) is 1. The number of hydrogen-bond acceptors (Lipinski definition) is 6. The van der Waals surface area contributed by atoms with Crippen molar-refractivity contribution in [2.24, 2.45) is 0 Å². The van der Waals surface area contributed by atoms with Gasteiger partial charge in [-0.05, 0) is 13.8 Å². The Morgan fingerprint density at radius 2 is 2.16 bits per heavy atom. The zero-order valence-electron chi connectivity index (χ0n) is 10.5. The third-order valence-electron chi connectivity index (χ3n) is 2.35. The summed E-state index contributed by atoms with van der Waals surface area (Å²) >= 11 is 6.26. The number of methoxy groups -OCH3 is 1. The molecule has 0 aliphatic rings. The van der Waals surface area contributed by atoms with Gasteiger partial charge in [0.05, 0.1) is 10.5 Å². The third kappa shape index (κ3) is 4.11. The average molecular weight is 329 g/mol. The second-order valence-corrected chi connectivity index (χ2v) is 7.92. The molecule has 10 heteroatoms. The van der Waals surface area contributed by atoms with E-state index in [0.717, 1.165) is 6.07 Å².